The summed E-state index contributed by atoms with van der Waals surface area (Å²) in [4.78, 5) is 11.7. The lowest BCUT2D eigenvalue weighted by Gasteiger charge is -2.16. The first-order valence-electron chi connectivity index (χ1n) is 6.92. The van der Waals surface area contributed by atoms with Crippen LogP contribution in [-0.4, -0.2) is 26.7 Å². The maximum atomic E-state index is 11.7. The van der Waals surface area contributed by atoms with E-state index < -0.39 is 8.07 Å². The number of nitrogens with two attached hydrogens (primary N) is 1. The molecule has 5 heteroatoms. The molecule has 0 aliphatic rings. The summed E-state index contributed by atoms with van der Waals surface area (Å²) in [5, 5.41) is 0. The SMILES string of the molecule is C[Si](C)(C)CCOC(=O)CC(N)Cc1ccc(I)cc1. The van der Waals surface area contributed by atoms with E-state index in [2.05, 4.69) is 66.5 Å². The number of hydrogen-bond acceptors (Lipinski definition) is 3. The second-order valence-electron chi connectivity index (χ2n) is 6.33. The average Bonchev–Trinajstić information content (AvgIpc) is 2.30. The number of benzene rings is 1. The van der Waals surface area contributed by atoms with Crippen molar-refractivity contribution in [1.82, 2.24) is 0 Å². The van der Waals surface area contributed by atoms with Gasteiger partial charge in [0.05, 0.1) is 13.0 Å². The lowest BCUT2D eigenvalue weighted by Crippen LogP contribution is -2.28. The standard InChI is InChI=1S/C15H24INO2Si/c1-20(2,3)9-8-19-15(18)11-14(17)10-12-4-6-13(16)7-5-12/h4-7,14H,8-11,17H2,1-3H3. The maximum Gasteiger partial charge on any atom is 0.307 e. The third-order valence-electron chi connectivity index (χ3n) is 2.96. The van der Waals surface area contributed by atoms with Gasteiger partial charge >= 0.3 is 5.97 Å². The van der Waals surface area contributed by atoms with Gasteiger partial charge in [0, 0.05) is 17.7 Å². The van der Waals surface area contributed by atoms with Gasteiger partial charge in [0.1, 0.15) is 0 Å². The van der Waals surface area contributed by atoms with Gasteiger partial charge in [0.15, 0.2) is 0 Å². The lowest BCUT2D eigenvalue weighted by molar-refractivity contribution is -0.143. The summed E-state index contributed by atoms with van der Waals surface area (Å²) in [7, 11) is -1.14. The molecular weight excluding hydrogens is 381 g/mol. The predicted molar refractivity (Wildman–Crippen MR) is 94.6 cm³/mol. The molecule has 0 aliphatic heterocycles. The fraction of sp³-hybridized carbons (Fsp3) is 0.533. The van der Waals surface area contributed by atoms with Gasteiger partial charge in [-0.3, -0.25) is 4.79 Å². The predicted octanol–water partition coefficient (Wildman–Crippen LogP) is 3.43. The number of ether oxygens (including phenoxy) is 1. The molecule has 1 atom stereocenters. The first-order chi connectivity index (χ1) is 9.26. The van der Waals surface area contributed by atoms with Crippen molar-refractivity contribution in [3.63, 3.8) is 0 Å². The van der Waals surface area contributed by atoms with Gasteiger partial charge < -0.3 is 10.5 Å². The van der Waals surface area contributed by atoms with Crippen molar-refractivity contribution in [3.05, 3.63) is 33.4 Å². The highest BCUT2D eigenvalue weighted by molar-refractivity contribution is 14.1. The molecule has 0 saturated carbocycles. The fourth-order valence-electron chi connectivity index (χ4n) is 1.74. The van der Waals surface area contributed by atoms with E-state index in [-0.39, 0.29) is 18.4 Å². The molecule has 0 radical (unpaired) electrons. The summed E-state index contributed by atoms with van der Waals surface area (Å²) in [5.41, 5.74) is 7.17. The minimum absolute atomic E-state index is 0.172. The second-order valence-corrected chi connectivity index (χ2v) is 13.2. The van der Waals surface area contributed by atoms with Gasteiger partial charge in [-0.2, -0.15) is 0 Å². The van der Waals surface area contributed by atoms with Crippen molar-refractivity contribution in [3.8, 4) is 0 Å². The van der Waals surface area contributed by atoms with E-state index in [1.54, 1.807) is 0 Å². The largest absolute Gasteiger partial charge is 0.466 e. The molecule has 0 spiro atoms. The number of carbonyl (C=O) groups excluding carboxylic acids is 1. The van der Waals surface area contributed by atoms with Gasteiger partial charge in [0.25, 0.3) is 0 Å². The van der Waals surface area contributed by atoms with Crippen molar-refractivity contribution in [2.45, 2.75) is 44.6 Å². The summed E-state index contributed by atoms with van der Waals surface area (Å²) in [5.74, 6) is -0.179. The Morgan fingerprint density at radius 2 is 1.90 bits per heavy atom. The molecule has 0 aliphatic carbocycles. The molecule has 1 rings (SSSR count). The molecule has 1 unspecified atom stereocenters. The van der Waals surface area contributed by atoms with E-state index in [0.717, 1.165) is 11.6 Å². The third kappa shape index (κ3) is 8.01. The first kappa shape index (κ1) is 17.6. The fourth-order valence-corrected chi connectivity index (χ4v) is 2.81. The van der Waals surface area contributed by atoms with Gasteiger partial charge in [-0.1, -0.05) is 31.8 Å². The quantitative estimate of drug-likeness (QED) is 0.430. The van der Waals surface area contributed by atoms with Crippen LogP contribution in [-0.2, 0) is 16.0 Å². The van der Waals surface area contributed by atoms with Crippen molar-refractivity contribution in [2.75, 3.05) is 6.61 Å². The number of rotatable bonds is 7. The molecular formula is C15H24INO2Si. The molecule has 2 N–H and O–H groups in total. The van der Waals surface area contributed by atoms with Crippen molar-refractivity contribution in [1.29, 1.82) is 0 Å². The van der Waals surface area contributed by atoms with Crippen LogP contribution in [0.15, 0.2) is 24.3 Å². The Morgan fingerprint density at radius 3 is 2.45 bits per heavy atom. The third-order valence-corrected chi connectivity index (χ3v) is 5.38. The normalized spacial score (nSPS) is 13.1. The molecule has 20 heavy (non-hydrogen) atoms. The molecule has 0 saturated heterocycles. The number of esters is 1. The maximum absolute atomic E-state index is 11.7. The van der Waals surface area contributed by atoms with Crippen LogP contribution < -0.4 is 5.73 Å². The summed E-state index contributed by atoms with van der Waals surface area (Å²) < 4.78 is 6.46. The van der Waals surface area contributed by atoms with E-state index in [9.17, 15) is 4.79 Å². The Morgan fingerprint density at radius 1 is 1.30 bits per heavy atom. The molecule has 0 amide bonds. The first-order valence-corrected chi connectivity index (χ1v) is 11.7. The van der Waals surface area contributed by atoms with Crippen LogP contribution in [0, 0.1) is 3.57 Å². The van der Waals surface area contributed by atoms with Crippen LogP contribution in [0.2, 0.25) is 25.7 Å². The minimum atomic E-state index is -1.14. The Hall–Kier alpha value is -0.403. The highest BCUT2D eigenvalue weighted by Crippen LogP contribution is 2.11. The van der Waals surface area contributed by atoms with Gasteiger partial charge in [-0.05, 0) is 52.8 Å². The second kappa shape index (κ2) is 8.14. The van der Waals surface area contributed by atoms with Gasteiger partial charge in [0.2, 0.25) is 0 Å². The molecule has 112 valence electrons. The van der Waals surface area contributed by atoms with Crippen molar-refractivity contribution < 1.29 is 9.53 Å². The highest BCUT2D eigenvalue weighted by atomic mass is 127. The lowest BCUT2D eigenvalue weighted by atomic mass is 10.0. The molecule has 1 aromatic rings. The number of carbonyl (C=O) groups is 1. The number of halogens is 1. The summed E-state index contributed by atoms with van der Waals surface area (Å²) in [6.45, 7) is 7.33. The van der Waals surface area contributed by atoms with E-state index in [1.807, 2.05) is 0 Å². The van der Waals surface area contributed by atoms with Gasteiger partial charge in [-0.15, -0.1) is 0 Å². The molecule has 0 fully saturated rings. The van der Waals surface area contributed by atoms with Crippen LogP contribution >= 0.6 is 22.6 Å². The zero-order valence-electron chi connectivity index (χ0n) is 12.5. The van der Waals surface area contributed by atoms with E-state index in [1.165, 1.54) is 3.57 Å². The smallest absolute Gasteiger partial charge is 0.307 e. The zero-order valence-corrected chi connectivity index (χ0v) is 15.6. The van der Waals surface area contributed by atoms with Crippen molar-refractivity contribution >= 4 is 36.6 Å². The Labute approximate surface area is 136 Å². The molecule has 0 aromatic heterocycles. The van der Waals surface area contributed by atoms with Crippen LogP contribution in [0.4, 0.5) is 0 Å². The molecule has 3 nitrogen and oxygen atoms in total. The van der Waals surface area contributed by atoms with Crippen LogP contribution in [0.25, 0.3) is 0 Å². The highest BCUT2D eigenvalue weighted by Gasteiger charge is 2.15. The topological polar surface area (TPSA) is 52.3 Å². The van der Waals surface area contributed by atoms with Crippen LogP contribution in [0.1, 0.15) is 12.0 Å². The van der Waals surface area contributed by atoms with Gasteiger partial charge in [-0.25, -0.2) is 0 Å². The van der Waals surface area contributed by atoms with Crippen LogP contribution in [0.3, 0.4) is 0 Å². The minimum Gasteiger partial charge on any atom is -0.466 e. The monoisotopic (exact) mass is 405 g/mol. The summed E-state index contributed by atoms with van der Waals surface area (Å²) >= 11 is 2.27. The number of hydrogen-bond donors (Lipinski definition) is 1. The van der Waals surface area contributed by atoms with E-state index >= 15 is 0 Å². The summed E-state index contributed by atoms with van der Waals surface area (Å²) in [6, 6.07) is 9.04. The average molecular weight is 405 g/mol. The molecule has 1 aromatic carbocycles. The van der Waals surface area contributed by atoms with E-state index in [0.29, 0.717) is 13.0 Å². The van der Waals surface area contributed by atoms with Crippen molar-refractivity contribution in [2.24, 2.45) is 5.73 Å². The van der Waals surface area contributed by atoms with Crippen LogP contribution in [0.5, 0.6) is 0 Å². The zero-order chi connectivity index (χ0) is 15.2. The Kier molecular flexibility index (Phi) is 7.18. The Bertz CT molecular complexity index is 428. The Balaban J connectivity index is 2.29. The summed E-state index contributed by atoms with van der Waals surface area (Å²) in [6.07, 6.45) is 0.998. The molecule has 0 bridgehead atoms. The van der Waals surface area contributed by atoms with E-state index in [4.69, 9.17) is 10.5 Å². The molecule has 0 heterocycles.